The zero-order valence-corrected chi connectivity index (χ0v) is 14.1. The first-order valence-corrected chi connectivity index (χ1v) is 8.03. The molecule has 1 aromatic rings. The van der Waals surface area contributed by atoms with Crippen LogP contribution in [0.3, 0.4) is 0 Å². The number of hydrogen-bond acceptors (Lipinski definition) is 2. The molecule has 0 aliphatic carbocycles. The van der Waals surface area contributed by atoms with E-state index in [1.54, 1.807) is 4.90 Å². The molecule has 0 spiro atoms. The number of benzene rings is 1. The quantitative estimate of drug-likeness (QED) is 0.790. The Bertz CT molecular complexity index is 514. The minimum absolute atomic E-state index is 0.250. The summed E-state index contributed by atoms with van der Waals surface area (Å²) in [5.41, 5.74) is 0.451. The number of carbonyl (C=O) groups is 1. The summed E-state index contributed by atoms with van der Waals surface area (Å²) < 4.78 is 18.7. The van der Waals surface area contributed by atoms with Crippen molar-refractivity contribution in [3.63, 3.8) is 0 Å². The first-order valence-electron chi connectivity index (χ1n) is 7.66. The highest BCUT2D eigenvalue weighted by Crippen LogP contribution is 2.25. The van der Waals surface area contributed by atoms with Crippen LogP contribution in [0.4, 0.5) is 9.18 Å². The molecule has 0 N–H and O–H groups in total. The van der Waals surface area contributed by atoms with Gasteiger partial charge >= 0.3 is 6.09 Å². The van der Waals surface area contributed by atoms with Gasteiger partial charge in [-0.25, -0.2) is 9.18 Å². The van der Waals surface area contributed by atoms with Gasteiger partial charge in [-0.2, -0.15) is 0 Å². The van der Waals surface area contributed by atoms with Crippen LogP contribution >= 0.6 is 11.6 Å². The van der Waals surface area contributed by atoms with Gasteiger partial charge in [0, 0.05) is 18.1 Å². The Hall–Kier alpha value is -1.29. The molecule has 5 heteroatoms. The van der Waals surface area contributed by atoms with E-state index in [-0.39, 0.29) is 11.9 Å². The molecule has 0 bridgehead atoms. The van der Waals surface area contributed by atoms with Crippen molar-refractivity contribution in [2.24, 2.45) is 5.92 Å². The first-order chi connectivity index (χ1) is 10.2. The summed E-state index contributed by atoms with van der Waals surface area (Å²) in [4.78, 5) is 13.8. The van der Waals surface area contributed by atoms with Crippen molar-refractivity contribution in [2.45, 2.75) is 45.6 Å². The summed E-state index contributed by atoms with van der Waals surface area (Å²) in [6, 6.07) is 4.66. The summed E-state index contributed by atoms with van der Waals surface area (Å²) in [6.07, 6.45) is 2.33. The third-order valence-electron chi connectivity index (χ3n) is 3.71. The van der Waals surface area contributed by atoms with E-state index >= 15 is 0 Å². The molecule has 0 aromatic heterocycles. The average Bonchev–Trinajstić information content (AvgIpc) is 2.36. The third-order valence-corrected chi connectivity index (χ3v) is 3.93. The van der Waals surface area contributed by atoms with Crippen LogP contribution < -0.4 is 0 Å². The SMILES string of the molecule is CC(C)(C)OC(=O)N1CCC(Cc2cc(F)cc(Cl)c2)CC1. The summed E-state index contributed by atoms with van der Waals surface area (Å²) in [5.74, 6) is 0.144. The molecule has 1 fully saturated rings. The fourth-order valence-corrected chi connectivity index (χ4v) is 2.95. The minimum Gasteiger partial charge on any atom is -0.444 e. The Morgan fingerprint density at radius 2 is 1.95 bits per heavy atom. The van der Waals surface area contributed by atoms with E-state index in [1.165, 1.54) is 12.1 Å². The highest BCUT2D eigenvalue weighted by atomic mass is 35.5. The van der Waals surface area contributed by atoms with Gasteiger partial charge in [-0.05, 0) is 69.7 Å². The van der Waals surface area contributed by atoms with Crippen molar-refractivity contribution in [1.29, 1.82) is 0 Å². The maximum atomic E-state index is 13.4. The normalized spacial score (nSPS) is 16.7. The number of likely N-dealkylation sites (tertiary alicyclic amines) is 1. The number of nitrogens with zero attached hydrogens (tertiary/aromatic N) is 1. The molecule has 22 heavy (non-hydrogen) atoms. The fourth-order valence-electron chi connectivity index (χ4n) is 2.71. The lowest BCUT2D eigenvalue weighted by Crippen LogP contribution is -2.42. The molecule has 1 aliphatic heterocycles. The van der Waals surface area contributed by atoms with Gasteiger partial charge in [0.05, 0.1) is 0 Å². The van der Waals surface area contributed by atoms with Crippen molar-refractivity contribution in [1.82, 2.24) is 4.90 Å². The Morgan fingerprint density at radius 1 is 1.32 bits per heavy atom. The number of hydrogen-bond donors (Lipinski definition) is 0. The number of rotatable bonds is 2. The molecule has 0 radical (unpaired) electrons. The van der Waals surface area contributed by atoms with Gasteiger partial charge in [-0.15, -0.1) is 0 Å². The summed E-state index contributed by atoms with van der Waals surface area (Å²) in [6.45, 7) is 6.97. The fraction of sp³-hybridized carbons (Fsp3) is 0.588. The zero-order valence-electron chi connectivity index (χ0n) is 13.4. The zero-order chi connectivity index (χ0) is 16.3. The predicted octanol–water partition coefficient (Wildman–Crippen LogP) is 4.67. The second kappa shape index (κ2) is 6.86. The van der Waals surface area contributed by atoms with Crippen LogP contribution in [0, 0.1) is 11.7 Å². The third kappa shape index (κ3) is 5.16. The molecule has 1 aliphatic rings. The highest BCUT2D eigenvalue weighted by molar-refractivity contribution is 6.30. The second-order valence-electron chi connectivity index (χ2n) is 6.89. The highest BCUT2D eigenvalue weighted by Gasteiger charge is 2.26. The van der Waals surface area contributed by atoms with Crippen LogP contribution in [0.1, 0.15) is 39.2 Å². The van der Waals surface area contributed by atoms with Crippen LogP contribution in [0.5, 0.6) is 0 Å². The lowest BCUT2D eigenvalue weighted by atomic mass is 9.90. The van der Waals surface area contributed by atoms with Crippen LogP contribution in [0.2, 0.25) is 5.02 Å². The largest absolute Gasteiger partial charge is 0.444 e. The van der Waals surface area contributed by atoms with Gasteiger partial charge in [-0.3, -0.25) is 0 Å². The molecule has 0 unspecified atom stereocenters. The standard InChI is InChI=1S/C17H23ClFNO2/c1-17(2,3)22-16(21)20-6-4-12(5-7-20)8-13-9-14(18)11-15(19)10-13/h9-12H,4-8H2,1-3H3. The number of carbonyl (C=O) groups excluding carboxylic acids is 1. The number of ether oxygens (including phenoxy) is 1. The topological polar surface area (TPSA) is 29.5 Å². The predicted molar refractivity (Wildman–Crippen MR) is 85.6 cm³/mol. The molecule has 122 valence electrons. The Kier molecular flexibility index (Phi) is 5.32. The Morgan fingerprint density at radius 3 is 2.50 bits per heavy atom. The second-order valence-corrected chi connectivity index (χ2v) is 7.33. The molecular formula is C17H23ClFNO2. The van der Waals surface area contributed by atoms with Gasteiger partial charge in [0.1, 0.15) is 11.4 Å². The van der Waals surface area contributed by atoms with E-state index in [0.29, 0.717) is 24.0 Å². The van der Waals surface area contributed by atoms with Crippen molar-refractivity contribution in [3.05, 3.63) is 34.6 Å². The first kappa shape index (κ1) is 17.1. The minimum atomic E-state index is -0.466. The van der Waals surface area contributed by atoms with Crippen molar-refractivity contribution >= 4 is 17.7 Å². The average molecular weight is 328 g/mol. The Balaban J connectivity index is 1.86. The number of piperidine rings is 1. The lowest BCUT2D eigenvalue weighted by Gasteiger charge is -2.33. The number of halogens is 2. The lowest BCUT2D eigenvalue weighted by molar-refractivity contribution is 0.0184. The molecule has 1 saturated heterocycles. The monoisotopic (exact) mass is 327 g/mol. The van der Waals surface area contributed by atoms with Crippen molar-refractivity contribution in [3.8, 4) is 0 Å². The Labute approximate surface area is 136 Å². The van der Waals surface area contributed by atoms with Crippen LogP contribution in [0.15, 0.2) is 18.2 Å². The molecule has 1 aromatic carbocycles. The molecule has 0 atom stereocenters. The van der Waals surface area contributed by atoms with E-state index in [2.05, 4.69) is 0 Å². The van der Waals surface area contributed by atoms with E-state index < -0.39 is 5.60 Å². The molecule has 2 rings (SSSR count). The molecule has 1 heterocycles. The van der Waals surface area contributed by atoms with Gasteiger partial charge in [-0.1, -0.05) is 11.6 Å². The molecule has 0 saturated carbocycles. The van der Waals surface area contributed by atoms with Crippen LogP contribution in [-0.2, 0) is 11.2 Å². The van der Waals surface area contributed by atoms with Crippen LogP contribution in [0.25, 0.3) is 0 Å². The maximum absolute atomic E-state index is 13.4. The summed E-state index contributed by atoms with van der Waals surface area (Å²) >= 11 is 5.88. The van der Waals surface area contributed by atoms with E-state index in [1.807, 2.05) is 26.8 Å². The van der Waals surface area contributed by atoms with Gasteiger partial charge in [0.25, 0.3) is 0 Å². The molecular weight excluding hydrogens is 305 g/mol. The molecule has 1 amide bonds. The number of amides is 1. The van der Waals surface area contributed by atoms with E-state index in [4.69, 9.17) is 16.3 Å². The van der Waals surface area contributed by atoms with Gasteiger partial charge in [0.2, 0.25) is 0 Å². The van der Waals surface area contributed by atoms with E-state index in [0.717, 1.165) is 24.8 Å². The van der Waals surface area contributed by atoms with E-state index in [9.17, 15) is 9.18 Å². The van der Waals surface area contributed by atoms with Crippen LogP contribution in [-0.4, -0.2) is 29.7 Å². The molecule has 3 nitrogen and oxygen atoms in total. The maximum Gasteiger partial charge on any atom is 0.410 e. The van der Waals surface area contributed by atoms with Gasteiger partial charge in [0.15, 0.2) is 0 Å². The smallest absolute Gasteiger partial charge is 0.410 e. The summed E-state index contributed by atoms with van der Waals surface area (Å²) in [7, 11) is 0. The van der Waals surface area contributed by atoms with Crippen molar-refractivity contribution < 1.29 is 13.9 Å². The van der Waals surface area contributed by atoms with Gasteiger partial charge < -0.3 is 9.64 Å². The summed E-state index contributed by atoms with van der Waals surface area (Å²) in [5, 5.41) is 0.432. The van der Waals surface area contributed by atoms with Crippen molar-refractivity contribution in [2.75, 3.05) is 13.1 Å².